The monoisotopic (exact) mass is 415 g/mol. The lowest BCUT2D eigenvalue weighted by atomic mass is 10.2. The van der Waals surface area contributed by atoms with Crippen molar-refractivity contribution >= 4 is 28.4 Å². The number of ether oxygens (including phenoxy) is 1. The van der Waals surface area contributed by atoms with Crippen LogP contribution in [0.15, 0.2) is 60.9 Å². The van der Waals surface area contributed by atoms with Crippen LogP contribution < -0.4 is 15.0 Å². The van der Waals surface area contributed by atoms with Crippen molar-refractivity contribution in [1.82, 2.24) is 24.6 Å². The number of aromatic nitrogens is 4. The maximum Gasteiger partial charge on any atom is 0.229 e. The minimum Gasteiger partial charge on any atom is -0.497 e. The quantitative estimate of drug-likeness (QED) is 0.536. The third-order valence-electron chi connectivity index (χ3n) is 5.60. The number of anilines is 3. The molecular formula is C23H25N7O. The van der Waals surface area contributed by atoms with Crippen LogP contribution in [0.5, 0.6) is 5.75 Å². The molecule has 158 valence electrons. The number of hydrogen-bond donors (Lipinski definition) is 1. The number of likely N-dealkylation sites (N-methyl/N-ethyl adjacent to an activating group) is 1. The highest BCUT2D eigenvalue weighted by molar-refractivity contribution is 5.77. The maximum absolute atomic E-state index is 5.33. The number of fused-ring (bicyclic) bond motifs is 1. The van der Waals surface area contributed by atoms with E-state index < -0.39 is 0 Å². The van der Waals surface area contributed by atoms with Gasteiger partial charge in [0.25, 0.3) is 0 Å². The molecule has 0 atom stereocenters. The minimum atomic E-state index is 0.532. The highest BCUT2D eigenvalue weighted by Crippen LogP contribution is 2.23. The van der Waals surface area contributed by atoms with Crippen molar-refractivity contribution in [2.75, 3.05) is 50.6 Å². The summed E-state index contributed by atoms with van der Waals surface area (Å²) < 4.78 is 7.13. The number of rotatable bonds is 5. The zero-order valence-corrected chi connectivity index (χ0v) is 17.7. The normalized spacial score (nSPS) is 14.7. The summed E-state index contributed by atoms with van der Waals surface area (Å²) in [5.41, 5.74) is 3.81. The Morgan fingerprint density at radius 3 is 2.52 bits per heavy atom. The zero-order chi connectivity index (χ0) is 21.2. The highest BCUT2D eigenvalue weighted by atomic mass is 16.5. The molecular weight excluding hydrogens is 390 g/mol. The molecule has 0 aliphatic carbocycles. The highest BCUT2D eigenvalue weighted by Gasteiger charge is 2.14. The second-order valence-corrected chi connectivity index (χ2v) is 7.69. The van der Waals surface area contributed by atoms with Crippen molar-refractivity contribution in [2.45, 2.75) is 0 Å². The molecule has 2 aromatic carbocycles. The van der Waals surface area contributed by atoms with Gasteiger partial charge in [-0.3, -0.25) is 0 Å². The van der Waals surface area contributed by atoms with Gasteiger partial charge in [-0.25, -0.2) is 9.67 Å². The Morgan fingerprint density at radius 2 is 1.74 bits per heavy atom. The lowest BCUT2D eigenvalue weighted by Gasteiger charge is -2.34. The van der Waals surface area contributed by atoms with Gasteiger partial charge in [-0.05, 0) is 43.4 Å². The summed E-state index contributed by atoms with van der Waals surface area (Å²) in [7, 11) is 3.82. The zero-order valence-electron chi connectivity index (χ0n) is 17.7. The predicted molar refractivity (Wildman–Crippen MR) is 123 cm³/mol. The summed E-state index contributed by atoms with van der Waals surface area (Å²) in [5, 5.41) is 8.66. The third kappa shape index (κ3) is 4.02. The second-order valence-electron chi connectivity index (χ2n) is 7.69. The smallest absolute Gasteiger partial charge is 0.229 e. The van der Waals surface area contributed by atoms with Crippen LogP contribution in [0.2, 0.25) is 0 Å². The van der Waals surface area contributed by atoms with Crippen molar-refractivity contribution in [3.8, 4) is 11.4 Å². The molecule has 0 amide bonds. The van der Waals surface area contributed by atoms with E-state index in [0.29, 0.717) is 5.95 Å². The summed E-state index contributed by atoms with van der Waals surface area (Å²) in [4.78, 5) is 13.9. The first-order chi connectivity index (χ1) is 15.2. The average molecular weight is 416 g/mol. The minimum absolute atomic E-state index is 0.532. The van der Waals surface area contributed by atoms with Crippen LogP contribution in [0.3, 0.4) is 0 Å². The SMILES string of the molecule is COc1cccc(-n2ncc3cnc(Nc4ccc(N5CCN(C)CC5)cc4)nc32)c1. The molecule has 4 aromatic rings. The van der Waals surface area contributed by atoms with E-state index in [2.05, 4.69) is 56.5 Å². The number of piperazine rings is 1. The number of nitrogens with zero attached hydrogens (tertiary/aromatic N) is 6. The van der Waals surface area contributed by atoms with Gasteiger partial charge in [0.15, 0.2) is 5.65 Å². The number of benzene rings is 2. The van der Waals surface area contributed by atoms with Gasteiger partial charge >= 0.3 is 0 Å². The van der Waals surface area contributed by atoms with Crippen molar-refractivity contribution in [3.05, 3.63) is 60.9 Å². The first-order valence-corrected chi connectivity index (χ1v) is 10.4. The van der Waals surface area contributed by atoms with E-state index in [0.717, 1.165) is 54.3 Å². The molecule has 2 aromatic heterocycles. The molecule has 8 nitrogen and oxygen atoms in total. The topological polar surface area (TPSA) is 71.3 Å². The Morgan fingerprint density at radius 1 is 0.935 bits per heavy atom. The summed E-state index contributed by atoms with van der Waals surface area (Å²) in [5.74, 6) is 1.30. The van der Waals surface area contributed by atoms with Crippen molar-refractivity contribution in [1.29, 1.82) is 0 Å². The predicted octanol–water partition coefficient (Wildman–Crippen LogP) is 3.32. The van der Waals surface area contributed by atoms with E-state index in [-0.39, 0.29) is 0 Å². The Kier molecular flexibility index (Phi) is 5.13. The average Bonchev–Trinajstić information content (AvgIpc) is 3.23. The van der Waals surface area contributed by atoms with E-state index in [4.69, 9.17) is 9.72 Å². The Bertz CT molecular complexity index is 1180. The van der Waals surface area contributed by atoms with Crippen molar-refractivity contribution < 1.29 is 4.74 Å². The van der Waals surface area contributed by atoms with Gasteiger partial charge in [-0.2, -0.15) is 10.1 Å². The fourth-order valence-corrected chi connectivity index (χ4v) is 3.76. The largest absolute Gasteiger partial charge is 0.497 e. The van der Waals surface area contributed by atoms with Crippen LogP contribution in [0.4, 0.5) is 17.3 Å². The molecule has 1 N–H and O–H groups in total. The third-order valence-corrected chi connectivity index (χ3v) is 5.60. The van der Waals surface area contributed by atoms with Gasteiger partial charge in [0.05, 0.1) is 24.4 Å². The second kappa shape index (κ2) is 8.23. The number of nitrogens with one attached hydrogen (secondary N) is 1. The molecule has 0 spiro atoms. The lowest BCUT2D eigenvalue weighted by molar-refractivity contribution is 0.313. The number of hydrogen-bond acceptors (Lipinski definition) is 7. The van der Waals surface area contributed by atoms with Gasteiger partial charge in [0, 0.05) is 49.8 Å². The molecule has 5 rings (SSSR count). The van der Waals surface area contributed by atoms with E-state index in [1.807, 2.05) is 24.3 Å². The molecule has 31 heavy (non-hydrogen) atoms. The molecule has 0 saturated carbocycles. The van der Waals surface area contributed by atoms with Crippen LogP contribution in [0, 0.1) is 0 Å². The Hall–Kier alpha value is -3.65. The van der Waals surface area contributed by atoms with Crippen LogP contribution >= 0.6 is 0 Å². The fourth-order valence-electron chi connectivity index (χ4n) is 3.76. The molecule has 3 heterocycles. The van der Waals surface area contributed by atoms with E-state index >= 15 is 0 Å². The summed E-state index contributed by atoms with van der Waals surface area (Å²) >= 11 is 0. The van der Waals surface area contributed by atoms with Crippen LogP contribution in [0.25, 0.3) is 16.7 Å². The summed E-state index contributed by atoms with van der Waals surface area (Å²) in [6, 6.07) is 16.2. The van der Waals surface area contributed by atoms with Gasteiger partial charge in [-0.15, -0.1) is 0 Å². The molecule has 0 unspecified atom stereocenters. The van der Waals surface area contributed by atoms with Crippen LogP contribution in [0.1, 0.15) is 0 Å². The van der Waals surface area contributed by atoms with E-state index in [1.165, 1.54) is 5.69 Å². The molecule has 1 aliphatic rings. The lowest BCUT2D eigenvalue weighted by Crippen LogP contribution is -2.44. The standard InChI is InChI=1S/C23H25N7O/c1-28-10-12-29(13-11-28)19-8-6-18(7-9-19)26-23-24-15-17-16-25-30(22(17)27-23)20-4-3-5-21(14-20)31-2/h3-9,14-16H,10-13H2,1-2H3,(H,24,26,27). The summed E-state index contributed by atoms with van der Waals surface area (Å²) in [6.07, 6.45) is 3.55. The molecule has 0 bridgehead atoms. The molecule has 8 heteroatoms. The maximum atomic E-state index is 5.33. The van der Waals surface area contributed by atoms with E-state index in [9.17, 15) is 0 Å². The first kappa shape index (κ1) is 19.3. The van der Waals surface area contributed by atoms with E-state index in [1.54, 1.807) is 24.2 Å². The van der Waals surface area contributed by atoms with Crippen LogP contribution in [-0.4, -0.2) is 65.0 Å². The van der Waals surface area contributed by atoms with Gasteiger partial charge < -0.3 is 19.9 Å². The van der Waals surface area contributed by atoms with Gasteiger partial charge in [0.2, 0.25) is 5.95 Å². The molecule has 1 saturated heterocycles. The van der Waals surface area contributed by atoms with Crippen LogP contribution in [-0.2, 0) is 0 Å². The molecule has 0 radical (unpaired) electrons. The van der Waals surface area contributed by atoms with Gasteiger partial charge in [0.1, 0.15) is 5.75 Å². The molecule has 1 aliphatic heterocycles. The summed E-state index contributed by atoms with van der Waals surface area (Å²) in [6.45, 7) is 4.29. The Balaban J connectivity index is 1.37. The van der Waals surface area contributed by atoms with Gasteiger partial charge in [-0.1, -0.05) is 6.07 Å². The Labute approximate surface area is 181 Å². The fraction of sp³-hybridized carbons (Fsp3) is 0.261. The van der Waals surface area contributed by atoms with Crippen molar-refractivity contribution in [2.24, 2.45) is 0 Å². The first-order valence-electron chi connectivity index (χ1n) is 10.4. The number of methoxy groups -OCH3 is 1. The van der Waals surface area contributed by atoms with Crippen molar-refractivity contribution in [3.63, 3.8) is 0 Å². The molecule has 1 fully saturated rings.